The van der Waals surface area contributed by atoms with Crippen LogP contribution in [0.2, 0.25) is 0 Å². The highest BCUT2D eigenvalue weighted by molar-refractivity contribution is 5.85. The minimum atomic E-state index is -0.482. The van der Waals surface area contributed by atoms with Crippen molar-refractivity contribution >= 4 is 30.7 Å². The highest BCUT2D eigenvalue weighted by Crippen LogP contribution is 2.27. The number of nitrogens with one attached hydrogen (secondary N) is 1. The van der Waals surface area contributed by atoms with Crippen molar-refractivity contribution in [1.82, 2.24) is 14.9 Å². The minimum Gasteiger partial charge on any atom is -0.351 e. The SMILES string of the molecule is CCC(CC)(CN)C(=O)NCc1ccccc1-c1ccc(Cn2ccnc2)cc1.Cl.Cl. The first-order valence-electron chi connectivity index (χ1n) is 10.2. The van der Waals surface area contributed by atoms with Gasteiger partial charge in [0.25, 0.3) is 0 Å². The van der Waals surface area contributed by atoms with E-state index in [2.05, 4.69) is 46.7 Å². The van der Waals surface area contributed by atoms with Gasteiger partial charge >= 0.3 is 0 Å². The lowest BCUT2D eigenvalue weighted by Crippen LogP contribution is -2.45. The van der Waals surface area contributed by atoms with Crippen molar-refractivity contribution in [3.63, 3.8) is 0 Å². The van der Waals surface area contributed by atoms with Gasteiger partial charge in [-0.15, -0.1) is 24.8 Å². The Morgan fingerprint density at radius 1 is 1.06 bits per heavy atom. The molecule has 2 aromatic carbocycles. The van der Waals surface area contributed by atoms with Crippen LogP contribution in [0.3, 0.4) is 0 Å². The summed E-state index contributed by atoms with van der Waals surface area (Å²) in [6.07, 6.45) is 7.05. The molecule has 0 saturated heterocycles. The second-order valence-electron chi connectivity index (χ2n) is 7.46. The monoisotopic (exact) mass is 462 g/mol. The molecule has 0 fully saturated rings. The number of aromatic nitrogens is 2. The normalized spacial score (nSPS) is 10.7. The highest BCUT2D eigenvalue weighted by atomic mass is 35.5. The number of imidazole rings is 1. The number of carbonyl (C=O) groups is 1. The molecule has 31 heavy (non-hydrogen) atoms. The van der Waals surface area contributed by atoms with Gasteiger partial charge in [0.15, 0.2) is 0 Å². The predicted molar refractivity (Wildman–Crippen MR) is 132 cm³/mol. The zero-order valence-electron chi connectivity index (χ0n) is 18.1. The molecule has 0 aliphatic heterocycles. The van der Waals surface area contributed by atoms with E-state index in [9.17, 15) is 4.79 Å². The molecular weight excluding hydrogens is 431 g/mol. The van der Waals surface area contributed by atoms with Gasteiger partial charge < -0.3 is 15.6 Å². The zero-order valence-corrected chi connectivity index (χ0v) is 19.7. The summed E-state index contributed by atoms with van der Waals surface area (Å²) in [5.41, 5.74) is 10.0. The standard InChI is InChI=1S/C24H30N4O.2ClH/c1-3-24(4-2,17-25)23(29)27-15-21-7-5-6-8-22(21)20-11-9-19(10-12-20)16-28-14-13-26-18-28;;/h5-14,18H,3-4,15-17,25H2,1-2H3,(H,27,29);2*1H. The summed E-state index contributed by atoms with van der Waals surface area (Å²) < 4.78 is 2.05. The summed E-state index contributed by atoms with van der Waals surface area (Å²) in [5, 5.41) is 3.11. The number of rotatable bonds is 9. The lowest BCUT2D eigenvalue weighted by Gasteiger charge is -2.28. The molecule has 0 aliphatic carbocycles. The van der Waals surface area contributed by atoms with Gasteiger partial charge in [-0.2, -0.15) is 0 Å². The predicted octanol–water partition coefficient (Wildman–Crippen LogP) is 4.82. The Morgan fingerprint density at radius 2 is 1.74 bits per heavy atom. The van der Waals surface area contributed by atoms with Crippen molar-refractivity contribution in [1.29, 1.82) is 0 Å². The Morgan fingerprint density at radius 3 is 2.32 bits per heavy atom. The third-order valence-corrected chi connectivity index (χ3v) is 5.87. The molecule has 1 aromatic heterocycles. The second kappa shape index (κ2) is 12.5. The summed E-state index contributed by atoms with van der Waals surface area (Å²) in [5.74, 6) is 0.0375. The molecule has 168 valence electrons. The summed E-state index contributed by atoms with van der Waals surface area (Å²) in [6.45, 7) is 5.71. The molecule has 1 amide bonds. The summed E-state index contributed by atoms with van der Waals surface area (Å²) in [4.78, 5) is 16.9. The van der Waals surface area contributed by atoms with E-state index >= 15 is 0 Å². The van der Waals surface area contributed by atoms with Gasteiger partial charge in [0.2, 0.25) is 5.91 Å². The minimum absolute atomic E-state index is 0. The van der Waals surface area contributed by atoms with Gasteiger partial charge in [0.05, 0.1) is 11.7 Å². The Bertz CT molecular complexity index is 915. The van der Waals surface area contributed by atoms with Gasteiger partial charge in [0.1, 0.15) is 0 Å². The Labute approximate surface area is 197 Å². The first-order chi connectivity index (χ1) is 14.1. The van der Waals surface area contributed by atoms with E-state index in [1.165, 1.54) is 5.56 Å². The molecule has 0 saturated carbocycles. The molecule has 0 spiro atoms. The fraction of sp³-hybridized carbons (Fsp3) is 0.333. The average Bonchev–Trinajstić information content (AvgIpc) is 3.28. The maximum atomic E-state index is 12.8. The second-order valence-corrected chi connectivity index (χ2v) is 7.46. The zero-order chi connectivity index (χ0) is 20.7. The van der Waals surface area contributed by atoms with Crippen LogP contribution in [0, 0.1) is 5.41 Å². The molecule has 0 aliphatic rings. The number of benzene rings is 2. The van der Waals surface area contributed by atoms with E-state index in [0.29, 0.717) is 13.1 Å². The Balaban J connectivity index is 0.00000240. The van der Waals surface area contributed by atoms with Crippen molar-refractivity contribution in [2.45, 2.75) is 39.8 Å². The van der Waals surface area contributed by atoms with Crippen LogP contribution in [-0.4, -0.2) is 22.0 Å². The van der Waals surface area contributed by atoms with Gasteiger partial charge in [0, 0.05) is 32.0 Å². The first-order valence-corrected chi connectivity index (χ1v) is 10.2. The van der Waals surface area contributed by atoms with Crippen molar-refractivity contribution in [3.05, 3.63) is 78.4 Å². The van der Waals surface area contributed by atoms with Gasteiger partial charge in [-0.05, 0) is 35.1 Å². The van der Waals surface area contributed by atoms with E-state index in [1.54, 1.807) is 6.20 Å². The average molecular weight is 463 g/mol. The highest BCUT2D eigenvalue weighted by Gasteiger charge is 2.33. The maximum absolute atomic E-state index is 12.8. The number of nitrogens with two attached hydrogens (primary N) is 1. The van der Waals surface area contributed by atoms with Crippen LogP contribution in [0.5, 0.6) is 0 Å². The van der Waals surface area contributed by atoms with Crippen LogP contribution < -0.4 is 11.1 Å². The molecular formula is C24H32Cl2N4O. The van der Waals surface area contributed by atoms with E-state index in [1.807, 2.05) is 43.1 Å². The topological polar surface area (TPSA) is 72.9 Å². The molecule has 3 rings (SSSR count). The maximum Gasteiger partial charge on any atom is 0.227 e. The Kier molecular flexibility index (Phi) is 10.8. The quantitative estimate of drug-likeness (QED) is 0.478. The number of hydrogen-bond acceptors (Lipinski definition) is 3. The number of nitrogens with zero attached hydrogens (tertiary/aromatic N) is 2. The molecule has 7 heteroatoms. The molecule has 0 bridgehead atoms. The lowest BCUT2D eigenvalue weighted by atomic mass is 9.81. The molecule has 5 nitrogen and oxygen atoms in total. The lowest BCUT2D eigenvalue weighted by molar-refractivity contribution is -0.131. The Hall–Kier alpha value is -2.34. The molecule has 0 atom stereocenters. The number of hydrogen-bond donors (Lipinski definition) is 2. The van der Waals surface area contributed by atoms with E-state index < -0.39 is 5.41 Å². The van der Waals surface area contributed by atoms with Crippen molar-refractivity contribution in [2.24, 2.45) is 11.1 Å². The molecule has 1 heterocycles. The fourth-order valence-corrected chi connectivity index (χ4v) is 3.65. The van der Waals surface area contributed by atoms with Crippen molar-refractivity contribution < 1.29 is 4.79 Å². The van der Waals surface area contributed by atoms with Crippen molar-refractivity contribution in [3.8, 4) is 11.1 Å². The van der Waals surface area contributed by atoms with E-state index in [-0.39, 0.29) is 30.7 Å². The van der Waals surface area contributed by atoms with E-state index in [4.69, 9.17) is 5.73 Å². The third-order valence-electron chi connectivity index (χ3n) is 5.87. The third kappa shape index (κ3) is 6.33. The summed E-state index contributed by atoms with van der Waals surface area (Å²) in [7, 11) is 0. The van der Waals surface area contributed by atoms with Gasteiger partial charge in [-0.25, -0.2) is 4.98 Å². The number of halogens is 2. The number of carbonyl (C=O) groups excluding carboxylic acids is 1. The molecule has 0 radical (unpaired) electrons. The van der Waals surface area contributed by atoms with Crippen LogP contribution in [0.25, 0.3) is 11.1 Å². The molecule has 3 aromatic rings. The summed E-state index contributed by atoms with van der Waals surface area (Å²) in [6, 6.07) is 16.7. The van der Waals surface area contributed by atoms with Crippen LogP contribution in [0.4, 0.5) is 0 Å². The van der Waals surface area contributed by atoms with Crippen LogP contribution in [-0.2, 0) is 17.9 Å². The van der Waals surface area contributed by atoms with Gasteiger partial charge in [-0.1, -0.05) is 62.4 Å². The van der Waals surface area contributed by atoms with Crippen LogP contribution in [0.15, 0.2) is 67.3 Å². The van der Waals surface area contributed by atoms with Crippen LogP contribution >= 0.6 is 24.8 Å². The van der Waals surface area contributed by atoms with E-state index in [0.717, 1.165) is 36.1 Å². The largest absolute Gasteiger partial charge is 0.351 e. The van der Waals surface area contributed by atoms with Gasteiger partial charge in [-0.3, -0.25) is 4.79 Å². The van der Waals surface area contributed by atoms with Crippen LogP contribution in [0.1, 0.15) is 37.8 Å². The fourth-order valence-electron chi connectivity index (χ4n) is 3.65. The van der Waals surface area contributed by atoms with Crippen molar-refractivity contribution in [2.75, 3.05) is 6.54 Å². The summed E-state index contributed by atoms with van der Waals surface area (Å²) >= 11 is 0. The smallest absolute Gasteiger partial charge is 0.227 e. The first kappa shape index (κ1) is 26.7. The molecule has 0 unspecified atom stereocenters. The number of amides is 1. The molecule has 3 N–H and O–H groups in total.